The van der Waals surface area contributed by atoms with Crippen molar-refractivity contribution >= 4 is 5.90 Å². The zero-order valence-corrected chi connectivity index (χ0v) is 14.0. The van der Waals surface area contributed by atoms with Gasteiger partial charge in [-0.05, 0) is 17.7 Å². The van der Waals surface area contributed by atoms with Crippen LogP contribution >= 0.6 is 0 Å². The lowest BCUT2D eigenvalue weighted by Gasteiger charge is -2.17. The van der Waals surface area contributed by atoms with Crippen LogP contribution in [-0.4, -0.2) is 24.6 Å². The fourth-order valence-electron chi connectivity index (χ4n) is 2.47. The number of oxazole rings is 1. The molecule has 0 spiro atoms. The molecule has 0 saturated heterocycles. The lowest BCUT2D eigenvalue weighted by atomic mass is 10.1. The SMILES string of the molecule is COC(=N)C(OCCc1coc(-c2ccccc2)n1)c1ccccc1. The quantitative estimate of drug-likeness (QED) is 0.517. The first-order chi connectivity index (χ1) is 12.3. The molecule has 0 bridgehead atoms. The minimum absolute atomic E-state index is 0.0799. The minimum Gasteiger partial charge on any atom is -0.482 e. The standard InChI is InChI=1S/C20H20N2O3/c1-23-19(21)18(15-8-4-2-5-9-15)24-13-12-17-14-25-20(22-17)16-10-6-3-7-11-16/h2-11,14,18,21H,12-13H2,1H3. The number of aromatic nitrogens is 1. The van der Waals surface area contributed by atoms with Gasteiger partial charge in [0.05, 0.1) is 19.4 Å². The summed E-state index contributed by atoms with van der Waals surface area (Å²) >= 11 is 0. The Morgan fingerprint density at radius 2 is 1.76 bits per heavy atom. The van der Waals surface area contributed by atoms with Crippen LogP contribution in [0, 0.1) is 5.41 Å². The summed E-state index contributed by atoms with van der Waals surface area (Å²) in [6.45, 7) is 0.409. The molecule has 1 aromatic heterocycles. The number of benzene rings is 2. The van der Waals surface area contributed by atoms with Crippen LogP contribution in [-0.2, 0) is 15.9 Å². The number of nitrogens with one attached hydrogen (secondary N) is 1. The zero-order valence-electron chi connectivity index (χ0n) is 14.0. The second kappa shape index (κ2) is 8.26. The normalized spacial score (nSPS) is 11.9. The van der Waals surface area contributed by atoms with Crippen LogP contribution in [0.3, 0.4) is 0 Å². The first-order valence-corrected chi connectivity index (χ1v) is 8.06. The van der Waals surface area contributed by atoms with E-state index in [-0.39, 0.29) is 5.90 Å². The van der Waals surface area contributed by atoms with Gasteiger partial charge in [0, 0.05) is 12.0 Å². The molecule has 1 heterocycles. The number of nitrogens with zero attached hydrogens (tertiary/aromatic N) is 1. The van der Waals surface area contributed by atoms with Crippen LogP contribution in [0.4, 0.5) is 0 Å². The van der Waals surface area contributed by atoms with Crippen LogP contribution in [0.5, 0.6) is 0 Å². The van der Waals surface area contributed by atoms with Crippen molar-refractivity contribution in [2.45, 2.75) is 12.5 Å². The molecule has 0 radical (unpaired) electrons. The van der Waals surface area contributed by atoms with Gasteiger partial charge in [-0.25, -0.2) is 4.98 Å². The van der Waals surface area contributed by atoms with Crippen molar-refractivity contribution < 1.29 is 13.9 Å². The molecule has 1 atom stereocenters. The molecule has 3 rings (SSSR count). The number of hydrogen-bond acceptors (Lipinski definition) is 5. The molecule has 2 aromatic carbocycles. The molecular weight excluding hydrogens is 316 g/mol. The Kier molecular flexibility index (Phi) is 5.59. The number of ether oxygens (including phenoxy) is 2. The van der Waals surface area contributed by atoms with E-state index < -0.39 is 6.10 Å². The van der Waals surface area contributed by atoms with Crippen molar-refractivity contribution in [1.82, 2.24) is 4.98 Å². The number of methoxy groups -OCH3 is 1. The first kappa shape index (κ1) is 16.9. The smallest absolute Gasteiger partial charge is 0.226 e. The van der Waals surface area contributed by atoms with Gasteiger partial charge in [0.15, 0.2) is 6.10 Å². The van der Waals surface area contributed by atoms with E-state index in [1.54, 1.807) is 6.26 Å². The molecule has 5 heteroatoms. The molecule has 1 unspecified atom stereocenters. The molecule has 128 valence electrons. The van der Waals surface area contributed by atoms with Crippen molar-refractivity contribution in [1.29, 1.82) is 5.41 Å². The third kappa shape index (κ3) is 4.33. The maximum Gasteiger partial charge on any atom is 0.226 e. The molecule has 25 heavy (non-hydrogen) atoms. The van der Waals surface area contributed by atoms with Crippen molar-refractivity contribution in [3.8, 4) is 11.5 Å². The van der Waals surface area contributed by atoms with Gasteiger partial charge in [0.2, 0.25) is 11.8 Å². The average molecular weight is 336 g/mol. The highest BCUT2D eigenvalue weighted by molar-refractivity contribution is 5.79. The fraction of sp³-hybridized carbons (Fsp3) is 0.200. The van der Waals surface area contributed by atoms with E-state index >= 15 is 0 Å². The molecule has 0 amide bonds. The summed E-state index contributed by atoms with van der Waals surface area (Å²) in [6.07, 6.45) is 1.72. The van der Waals surface area contributed by atoms with Crippen LogP contribution < -0.4 is 0 Å². The van der Waals surface area contributed by atoms with E-state index in [1.807, 2.05) is 60.7 Å². The molecule has 1 N–H and O–H groups in total. The van der Waals surface area contributed by atoms with Crippen molar-refractivity contribution in [2.75, 3.05) is 13.7 Å². The summed E-state index contributed by atoms with van der Waals surface area (Å²) in [5.41, 5.74) is 2.65. The Labute approximate surface area is 146 Å². The largest absolute Gasteiger partial charge is 0.482 e. The van der Waals surface area contributed by atoms with E-state index in [4.69, 9.17) is 19.3 Å². The maximum atomic E-state index is 7.95. The Morgan fingerprint density at radius 1 is 1.08 bits per heavy atom. The lowest BCUT2D eigenvalue weighted by Crippen LogP contribution is -2.18. The lowest BCUT2D eigenvalue weighted by molar-refractivity contribution is 0.0830. The Bertz CT molecular complexity index is 800. The van der Waals surface area contributed by atoms with Crippen LogP contribution in [0.2, 0.25) is 0 Å². The number of hydrogen-bond donors (Lipinski definition) is 1. The molecule has 0 fully saturated rings. The third-order valence-electron chi connectivity index (χ3n) is 3.78. The van der Waals surface area contributed by atoms with Crippen LogP contribution in [0.25, 0.3) is 11.5 Å². The summed E-state index contributed by atoms with van der Waals surface area (Å²) in [5, 5.41) is 7.95. The van der Waals surface area contributed by atoms with Gasteiger partial charge in [-0.3, -0.25) is 5.41 Å². The Morgan fingerprint density at radius 3 is 2.44 bits per heavy atom. The molecule has 0 aliphatic carbocycles. The number of rotatable bonds is 7. The molecule has 0 aliphatic heterocycles. The second-order valence-electron chi connectivity index (χ2n) is 5.49. The molecule has 0 aliphatic rings. The highest BCUT2D eigenvalue weighted by atomic mass is 16.5. The molecular formula is C20H20N2O3. The fourth-order valence-corrected chi connectivity index (χ4v) is 2.47. The topological polar surface area (TPSA) is 68.3 Å². The van der Waals surface area contributed by atoms with Gasteiger partial charge in [0.1, 0.15) is 6.26 Å². The summed E-state index contributed by atoms with van der Waals surface area (Å²) < 4.78 is 16.5. The summed E-state index contributed by atoms with van der Waals surface area (Å²) in [7, 11) is 1.48. The van der Waals surface area contributed by atoms with E-state index in [0.717, 1.165) is 16.8 Å². The maximum absolute atomic E-state index is 7.95. The summed E-state index contributed by atoms with van der Waals surface area (Å²) in [4.78, 5) is 4.48. The Hall–Kier alpha value is -2.92. The first-order valence-electron chi connectivity index (χ1n) is 8.06. The minimum atomic E-state index is -0.522. The average Bonchev–Trinajstić information content (AvgIpc) is 3.15. The van der Waals surface area contributed by atoms with E-state index in [1.165, 1.54) is 7.11 Å². The van der Waals surface area contributed by atoms with E-state index in [0.29, 0.717) is 18.9 Å². The van der Waals surface area contributed by atoms with Gasteiger partial charge < -0.3 is 13.9 Å². The molecule has 5 nitrogen and oxygen atoms in total. The molecule has 0 saturated carbocycles. The van der Waals surface area contributed by atoms with Crippen LogP contribution in [0.15, 0.2) is 71.3 Å². The molecule has 3 aromatic rings. The van der Waals surface area contributed by atoms with Gasteiger partial charge in [-0.2, -0.15) is 0 Å². The zero-order chi connectivity index (χ0) is 17.5. The van der Waals surface area contributed by atoms with Crippen molar-refractivity contribution in [3.05, 3.63) is 78.2 Å². The van der Waals surface area contributed by atoms with Crippen molar-refractivity contribution in [3.63, 3.8) is 0 Å². The Balaban J connectivity index is 1.61. The van der Waals surface area contributed by atoms with Gasteiger partial charge in [-0.15, -0.1) is 0 Å². The third-order valence-corrected chi connectivity index (χ3v) is 3.78. The van der Waals surface area contributed by atoms with E-state index in [9.17, 15) is 0 Å². The second-order valence-corrected chi connectivity index (χ2v) is 5.49. The highest BCUT2D eigenvalue weighted by Crippen LogP contribution is 2.21. The van der Waals surface area contributed by atoms with Gasteiger partial charge in [0.25, 0.3) is 0 Å². The predicted molar refractivity (Wildman–Crippen MR) is 95.5 cm³/mol. The highest BCUT2D eigenvalue weighted by Gasteiger charge is 2.18. The predicted octanol–water partition coefficient (Wildman–Crippen LogP) is 4.27. The van der Waals surface area contributed by atoms with Crippen LogP contribution in [0.1, 0.15) is 17.4 Å². The summed E-state index contributed by atoms with van der Waals surface area (Å²) in [6, 6.07) is 19.4. The van der Waals surface area contributed by atoms with Gasteiger partial charge >= 0.3 is 0 Å². The summed E-state index contributed by atoms with van der Waals surface area (Å²) in [5.74, 6) is 0.677. The monoisotopic (exact) mass is 336 g/mol. The van der Waals surface area contributed by atoms with Gasteiger partial charge in [-0.1, -0.05) is 48.5 Å². The van der Waals surface area contributed by atoms with Crippen molar-refractivity contribution in [2.24, 2.45) is 0 Å². The van der Waals surface area contributed by atoms with E-state index in [2.05, 4.69) is 4.98 Å².